The molecule has 4 nitrogen and oxygen atoms in total. The van der Waals surface area contributed by atoms with Crippen molar-refractivity contribution in [1.29, 1.82) is 0 Å². The number of hydrogen-bond donors (Lipinski definition) is 0. The molecule has 1 aliphatic rings. The number of aryl methyl sites for hydroxylation is 1. The third-order valence-corrected chi connectivity index (χ3v) is 5.45. The van der Waals surface area contributed by atoms with Crippen LogP contribution in [0.15, 0.2) is 60.9 Å². The Morgan fingerprint density at radius 2 is 1.75 bits per heavy atom. The van der Waals surface area contributed by atoms with E-state index in [0.717, 1.165) is 16.8 Å². The van der Waals surface area contributed by atoms with E-state index in [2.05, 4.69) is 36.3 Å². The van der Waals surface area contributed by atoms with E-state index in [9.17, 15) is 9.18 Å². The van der Waals surface area contributed by atoms with Crippen LogP contribution in [0.1, 0.15) is 39.5 Å². The third-order valence-electron chi connectivity index (χ3n) is 5.45. The van der Waals surface area contributed by atoms with Crippen LogP contribution in [0.3, 0.4) is 0 Å². The van der Waals surface area contributed by atoms with Gasteiger partial charge in [0.25, 0.3) is 0 Å². The third kappa shape index (κ3) is 2.80. The van der Waals surface area contributed by atoms with Crippen molar-refractivity contribution in [3.63, 3.8) is 0 Å². The van der Waals surface area contributed by atoms with Crippen molar-refractivity contribution in [2.75, 3.05) is 0 Å². The Hall–Kier alpha value is -3.34. The summed E-state index contributed by atoms with van der Waals surface area (Å²) in [5.74, 6) is -0.0510. The Kier molecular flexibility index (Phi) is 3.83. The van der Waals surface area contributed by atoms with Gasteiger partial charge in [0.15, 0.2) is 11.4 Å². The molecule has 2 heterocycles. The predicted molar refractivity (Wildman–Crippen MR) is 105 cm³/mol. The molecule has 0 fully saturated rings. The standard InChI is InChI=1S/C23H18FN3O/c1-14-2-4-15(5-3-14)17-10-21-20(22(28)11-17)13-27-23(26-21)19(12-25-27)16-6-8-18(24)9-7-16/h2-9,12-13,17H,10-11H2,1H3. The van der Waals surface area contributed by atoms with Gasteiger partial charge in [0.05, 0.1) is 17.5 Å². The van der Waals surface area contributed by atoms with E-state index >= 15 is 0 Å². The lowest BCUT2D eigenvalue weighted by molar-refractivity contribution is 0.0962. The fourth-order valence-electron chi connectivity index (χ4n) is 3.88. The lowest BCUT2D eigenvalue weighted by Crippen LogP contribution is -2.21. The molecule has 138 valence electrons. The molecule has 5 rings (SSSR count). The van der Waals surface area contributed by atoms with Gasteiger partial charge in [-0.15, -0.1) is 0 Å². The first-order valence-electron chi connectivity index (χ1n) is 9.31. The van der Waals surface area contributed by atoms with Gasteiger partial charge in [-0.05, 0) is 42.5 Å². The predicted octanol–water partition coefficient (Wildman–Crippen LogP) is 4.76. The van der Waals surface area contributed by atoms with Gasteiger partial charge in [0.1, 0.15) is 5.82 Å². The highest BCUT2D eigenvalue weighted by Crippen LogP contribution is 2.33. The molecule has 0 bridgehead atoms. The number of hydrogen-bond acceptors (Lipinski definition) is 3. The fraction of sp³-hybridized carbons (Fsp3) is 0.174. The molecular formula is C23H18FN3O. The minimum atomic E-state index is -0.280. The second kappa shape index (κ2) is 6.37. The zero-order chi connectivity index (χ0) is 19.3. The molecule has 2 aromatic carbocycles. The van der Waals surface area contributed by atoms with Gasteiger partial charge in [-0.3, -0.25) is 4.79 Å². The Bertz CT molecular complexity index is 1190. The highest BCUT2D eigenvalue weighted by Gasteiger charge is 2.28. The molecule has 0 saturated heterocycles. The van der Waals surface area contributed by atoms with Crippen molar-refractivity contribution in [3.8, 4) is 11.1 Å². The highest BCUT2D eigenvalue weighted by molar-refractivity contribution is 5.99. The minimum absolute atomic E-state index is 0.0973. The number of fused-ring (bicyclic) bond motifs is 2. The average molecular weight is 371 g/mol. The molecule has 0 spiro atoms. The summed E-state index contributed by atoms with van der Waals surface area (Å²) in [7, 11) is 0. The van der Waals surface area contributed by atoms with E-state index in [1.165, 1.54) is 23.3 Å². The van der Waals surface area contributed by atoms with E-state index in [-0.39, 0.29) is 17.5 Å². The summed E-state index contributed by atoms with van der Waals surface area (Å²) in [6, 6.07) is 14.6. The Labute approximate surface area is 161 Å². The van der Waals surface area contributed by atoms with Crippen LogP contribution in [0.2, 0.25) is 0 Å². The molecule has 5 heteroatoms. The van der Waals surface area contributed by atoms with Crippen molar-refractivity contribution >= 4 is 11.4 Å². The van der Waals surface area contributed by atoms with Gasteiger partial charge in [-0.25, -0.2) is 13.9 Å². The van der Waals surface area contributed by atoms with Crippen molar-refractivity contribution in [2.45, 2.75) is 25.7 Å². The second-order valence-corrected chi connectivity index (χ2v) is 7.37. The largest absolute Gasteiger partial charge is 0.294 e. The molecule has 0 radical (unpaired) electrons. The zero-order valence-corrected chi connectivity index (χ0v) is 15.4. The van der Waals surface area contributed by atoms with Crippen LogP contribution in [-0.2, 0) is 6.42 Å². The maximum Gasteiger partial charge on any atom is 0.166 e. The molecule has 4 aromatic rings. The number of carbonyl (C=O) groups excluding carboxylic acids is 1. The maximum absolute atomic E-state index is 13.3. The average Bonchev–Trinajstić information content (AvgIpc) is 3.10. The van der Waals surface area contributed by atoms with Crippen molar-refractivity contribution in [2.24, 2.45) is 0 Å². The Balaban J connectivity index is 1.58. The normalized spacial score (nSPS) is 16.4. The number of rotatable bonds is 2. The van der Waals surface area contributed by atoms with Crippen LogP contribution in [-0.4, -0.2) is 20.4 Å². The SMILES string of the molecule is Cc1ccc(C2CC(=O)c3cn4ncc(-c5ccc(F)cc5)c4nc3C2)cc1. The van der Waals surface area contributed by atoms with Crippen LogP contribution >= 0.6 is 0 Å². The molecule has 28 heavy (non-hydrogen) atoms. The van der Waals surface area contributed by atoms with E-state index in [0.29, 0.717) is 24.1 Å². The molecular weight excluding hydrogens is 353 g/mol. The molecule has 1 atom stereocenters. The van der Waals surface area contributed by atoms with Crippen molar-refractivity contribution in [3.05, 3.63) is 89.1 Å². The first kappa shape index (κ1) is 16.8. The summed E-state index contributed by atoms with van der Waals surface area (Å²) >= 11 is 0. The molecule has 0 N–H and O–H groups in total. The lowest BCUT2D eigenvalue weighted by atomic mass is 9.82. The Morgan fingerprint density at radius 3 is 2.50 bits per heavy atom. The smallest absolute Gasteiger partial charge is 0.166 e. The second-order valence-electron chi connectivity index (χ2n) is 7.37. The molecule has 0 aliphatic heterocycles. The van der Waals surface area contributed by atoms with Crippen LogP contribution in [0, 0.1) is 12.7 Å². The highest BCUT2D eigenvalue weighted by atomic mass is 19.1. The van der Waals surface area contributed by atoms with Crippen molar-refractivity contribution < 1.29 is 9.18 Å². The molecule has 2 aromatic heterocycles. The van der Waals surface area contributed by atoms with Gasteiger partial charge in [0, 0.05) is 18.2 Å². The molecule has 1 unspecified atom stereocenters. The Morgan fingerprint density at radius 1 is 1.00 bits per heavy atom. The summed E-state index contributed by atoms with van der Waals surface area (Å²) in [4.78, 5) is 17.6. The van der Waals surface area contributed by atoms with Gasteiger partial charge in [-0.1, -0.05) is 42.0 Å². The number of aromatic nitrogens is 3. The first-order valence-corrected chi connectivity index (χ1v) is 9.31. The summed E-state index contributed by atoms with van der Waals surface area (Å²) in [6.45, 7) is 2.06. The van der Waals surface area contributed by atoms with Crippen LogP contribution < -0.4 is 0 Å². The number of benzene rings is 2. The zero-order valence-electron chi connectivity index (χ0n) is 15.4. The van der Waals surface area contributed by atoms with Gasteiger partial charge in [0.2, 0.25) is 0 Å². The number of nitrogens with zero attached hydrogens (tertiary/aromatic N) is 3. The quantitative estimate of drug-likeness (QED) is 0.511. The van der Waals surface area contributed by atoms with Crippen LogP contribution in [0.25, 0.3) is 16.8 Å². The lowest BCUT2D eigenvalue weighted by Gasteiger charge is -2.23. The summed E-state index contributed by atoms with van der Waals surface area (Å²) < 4.78 is 14.9. The molecule has 0 amide bonds. The van der Waals surface area contributed by atoms with Crippen molar-refractivity contribution in [1.82, 2.24) is 14.6 Å². The summed E-state index contributed by atoms with van der Waals surface area (Å²) in [6.07, 6.45) is 4.69. The summed E-state index contributed by atoms with van der Waals surface area (Å²) in [5.41, 5.74) is 6.17. The maximum atomic E-state index is 13.3. The van der Waals surface area contributed by atoms with E-state index in [1.807, 2.05) is 0 Å². The van der Waals surface area contributed by atoms with Crippen LogP contribution in [0.5, 0.6) is 0 Å². The fourth-order valence-corrected chi connectivity index (χ4v) is 3.88. The topological polar surface area (TPSA) is 47.3 Å². The van der Waals surface area contributed by atoms with Crippen LogP contribution in [0.4, 0.5) is 4.39 Å². The number of Topliss-reactive ketones (excluding diaryl/α,β-unsaturated/α-hetero) is 1. The molecule has 1 aliphatic carbocycles. The minimum Gasteiger partial charge on any atom is -0.294 e. The number of carbonyl (C=O) groups is 1. The van der Waals surface area contributed by atoms with E-state index in [4.69, 9.17) is 4.98 Å². The molecule has 0 saturated carbocycles. The van der Waals surface area contributed by atoms with E-state index in [1.54, 1.807) is 29.0 Å². The summed E-state index contributed by atoms with van der Waals surface area (Å²) in [5, 5.41) is 4.36. The van der Waals surface area contributed by atoms with E-state index < -0.39 is 0 Å². The monoisotopic (exact) mass is 371 g/mol. The van der Waals surface area contributed by atoms with Gasteiger partial charge >= 0.3 is 0 Å². The van der Waals surface area contributed by atoms with Gasteiger partial charge < -0.3 is 0 Å². The number of halogens is 1. The number of ketones is 1. The van der Waals surface area contributed by atoms with Gasteiger partial charge in [-0.2, -0.15) is 5.10 Å². The first-order chi connectivity index (χ1) is 13.6.